The predicted molar refractivity (Wildman–Crippen MR) is 67.6 cm³/mol. The number of benzene rings is 2. The minimum absolute atomic E-state index is 0.0233. The molecule has 2 aromatic carbocycles. The third-order valence-electron chi connectivity index (χ3n) is 2.44. The highest BCUT2D eigenvalue weighted by molar-refractivity contribution is 5.40. The average molecular weight is 229 g/mol. The molecule has 0 saturated heterocycles. The predicted octanol–water partition coefficient (Wildman–Crippen LogP) is 2.34. The van der Waals surface area contributed by atoms with E-state index in [1.54, 1.807) is 0 Å². The molecule has 0 aliphatic carbocycles. The van der Waals surface area contributed by atoms with Gasteiger partial charge in [-0.05, 0) is 35.4 Å². The minimum atomic E-state index is 0.0233. The lowest BCUT2D eigenvalue weighted by atomic mass is 10.2. The number of rotatable bonds is 4. The number of nitrogens with two attached hydrogens (primary N) is 1. The lowest BCUT2D eigenvalue weighted by molar-refractivity contribution is 0.278. The third-order valence-corrected chi connectivity index (χ3v) is 2.44. The summed E-state index contributed by atoms with van der Waals surface area (Å²) < 4.78 is 5.62. The molecule has 3 N–H and O–H groups in total. The number of aliphatic hydroxyl groups excluding tert-OH is 1. The van der Waals surface area contributed by atoms with Crippen LogP contribution in [0.5, 0.6) is 5.75 Å². The molecule has 0 bridgehead atoms. The van der Waals surface area contributed by atoms with Crippen molar-refractivity contribution < 1.29 is 9.84 Å². The van der Waals surface area contributed by atoms with E-state index in [9.17, 15) is 0 Å². The van der Waals surface area contributed by atoms with Crippen LogP contribution in [0.15, 0.2) is 48.5 Å². The number of anilines is 1. The quantitative estimate of drug-likeness (QED) is 0.791. The van der Waals surface area contributed by atoms with Crippen LogP contribution in [0.4, 0.5) is 5.69 Å². The molecule has 0 aliphatic rings. The molecule has 0 aliphatic heterocycles. The first-order valence-electron chi connectivity index (χ1n) is 5.45. The number of nitrogen functional groups attached to an aromatic ring is 1. The van der Waals surface area contributed by atoms with Gasteiger partial charge in [-0.1, -0.05) is 24.3 Å². The Morgan fingerprint density at radius 1 is 1.00 bits per heavy atom. The molecule has 88 valence electrons. The second-order valence-electron chi connectivity index (χ2n) is 3.84. The molecule has 0 unspecified atom stereocenters. The van der Waals surface area contributed by atoms with Crippen LogP contribution in [-0.2, 0) is 13.2 Å². The lowest BCUT2D eigenvalue weighted by Crippen LogP contribution is -1.97. The smallest absolute Gasteiger partial charge is 0.120 e. The Morgan fingerprint density at radius 3 is 2.53 bits per heavy atom. The van der Waals surface area contributed by atoms with Crippen molar-refractivity contribution in [1.82, 2.24) is 0 Å². The summed E-state index contributed by atoms with van der Waals surface area (Å²) in [4.78, 5) is 0. The molecule has 0 aromatic heterocycles. The summed E-state index contributed by atoms with van der Waals surface area (Å²) >= 11 is 0. The van der Waals surface area contributed by atoms with E-state index in [2.05, 4.69) is 0 Å². The maximum atomic E-state index is 9.01. The van der Waals surface area contributed by atoms with Gasteiger partial charge in [0.1, 0.15) is 12.4 Å². The fourth-order valence-electron chi connectivity index (χ4n) is 1.58. The van der Waals surface area contributed by atoms with Crippen molar-refractivity contribution in [2.24, 2.45) is 0 Å². The molecular weight excluding hydrogens is 214 g/mol. The topological polar surface area (TPSA) is 55.5 Å². The van der Waals surface area contributed by atoms with Gasteiger partial charge in [-0.25, -0.2) is 0 Å². The first kappa shape index (κ1) is 11.5. The van der Waals surface area contributed by atoms with Gasteiger partial charge < -0.3 is 15.6 Å². The van der Waals surface area contributed by atoms with Gasteiger partial charge in [-0.3, -0.25) is 0 Å². The van der Waals surface area contributed by atoms with E-state index < -0.39 is 0 Å². The highest BCUT2D eigenvalue weighted by atomic mass is 16.5. The third kappa shape index (κ3) is 3.23. The Labute approximate surface area is 100 Å². The average Bonchev–Trinajstić information content (AvgIpc) is 2.37. The van der Waals surface area contributed by atoms with E-state index in [1.807, 2.05) is 48.5 Å². The normalized spacial score (nSPS) is 10.2. The summed E-state index contributed by atoms with van der Waals surface area (Å²) in [6.07, 6.45) is 0. The zero-order valence-electron chi connectivity index (χ0n) is 9.47. The van der Waals surface area contributed by atoms with Crippen LogP contribution in [0.25, 0.3) is 0 Å². The summed E-state index contributed by atoms with van der Waals surface area (Å²) in [5.74, 6) is 0.749. The van der Waals surface area contributed by atoms with Gasteiger partial charge >= 0.3 is 0 Å². The Morgan fingerprint density at radius 2 is 1.76 bits per heavy atom. The van der Waals surface area contributed by atoms with Crippen molar-refractivity contribution in [3.8, 4) is 5.75 Å². The van der Waals surface area contributed by atoms with Crippen molar-refractivity contribution in [3.05, 3.63) is 59.7 Å². The fraction of sp³-hybridized carbons (Fsp3) is 0.143. The van der Waals surface area contributed by atoms with Crippen LogP contribution in [0, 0.1) is 0 Å². The molecule has 0 saturated carbocycles. The molecule has 17 heavy (non-hydrogen) atoms. The van der Waals surface area contributed by atoms with Gasteiger partial charge in [0.15, 0.2) is 0 Å². The molecule has 3 nitrogen and oxygen atoms in total. The molecule has 0 atom stereocenters. The van der Waals surface area contributed by atoms with E-state index in [1.165, 1.54) is 0 Å². The van der Waals surface area contributed by atoms with Crippen LogP contribution in [0.1, 0.15) is 11.1 Å². The molecule has 0 heterocycles. The summed E-state index contributed by atoms with van der Waals surface area (Å²) in [6, 6.07) is 15.0. The van der Waals surface area contributed by atoms with Crippen molar-refractivity contribution in [3.63, 3.8) is 0 Å². The number of ether oxygens (including phenoxy) is 1. The molecule has 2 rings (SSSR count). The Bertz CT molecular complexity index is 497. The second kappa shape index (κ2) is 5.37. The molecule has 0 fully saturated rings. The second-order valence-corrected chi connectivity index (χ2v) is 3.84. The Kier molecular flexibility index (Phi) is 3.62. The Hall–Kier alpha value is -2.00. The van der Waals surface area contributed by atoms with Crippen LogP contribution in [-0.4, -0.2) is 5.11 Å². The van der Waals surface area contributed by atoms with Crippen LogP contribution in [0.3, 0.4) is 0 Å². The number of aliphatic hydroxyl groups is 1. The minimum Gasteiger partial charge on any atom is -0.489 e. The summed E-state index contributed by atoms with van der Waals surface area (Å²) in [7, 11) is 0. The number of hydrogen-bond acceptors (Lipinski definition) is 3. The van der Waals surface area contributed by atoms with E-state index >= 15 is 0 Å². The van der Waals surface area contributed by atoms with Gasteiger partial charge in [0, 0.05) is 5.69 Å². The van der Waals surface area contributed by atoms with Crippen LogP contribution >= 0.6 is 0 Å². The summed E-state index contributed by atoms with van der Waals surface area (Å²) in [5, 5.41) is 9.01. The largest absolute Gasteiger partial charge is 0.489 e. The van der Waals surface area contributed by atoms with Gasteiger partial charge in [0.2, 0.25) is 0 Å². The molecule has 3 heteroatoms. The SMILES string of the molecule is Nc1cccc(COc2cccc(CO)c2)c1. The van der Waals surface area contributed by atoms with E-state index in [4.69, 9.17) is 15.6 Å². The zero-order valence-corrected chi connectivity index (χ0v) is 9.47. The Balaban J connectivity index is 2.02. The summed E-state index contributed by atoms with van der Waals surface area (Å²) in [5.41, 5.74) is 8.29. The van der Waals surface area contributed by atoms with Gasteiger partial charge in [-0.15, -0.1) is 0 Å². The summed E-state index contributed by atoms with van der Waals surface area (Å²) in [6.45, 7) is 0.495. The van der Waals surface area contributed by atoms with Gasteiger partial charge in [0.25, 0.3) is 0 Å². The first-order valence-corrected chi connectivity index (χ1v) is 5.45. The molecule has 2 aromatic rings. The van der Waals surface area contributed by atoms with Crippen molar-refractivity contribution in [1.29, 1.82) is 0 Å². The van der Waals surface area contributed by atoms with Crippen molar-refractivity contribution in [2.75, 3.05) is 5.73 Å². The van der Waals surface area contributed by atoms with E-state index in [0.717, 1.165) is 22.6 Å². The molecule has 0 amide bonds. The van der Waals surface area contributed by atoms with Crippen molar-refractivity contribution >= 4 is 5.69 Å². The maximum absolute atomic E-state index is 9.01. The van der Waals surface area contributed by atoms with Crippen LogP contribution < -0.4 is 10.5 Å². The first-order chi connectivity index (χ1) is 8.28. The van der Waals surface area contributed by atoms with Gasteiger partial charge in [-0.2, -0.15) is 0 Å². The maximum Gasteiger partial charge on any atom is 0.120 e. The highest BCUT2D eigenvalue weighted by Crippen LogP contribution is 2.16. The molecule has 0 spiro atoms. The van der Waals surface area contributed by atoms with E-state index in [-0.39, 0.29) is 6.61 Å². The van der Waals surface area contributed by atoms with Gasteiger partial charge in [0.05, 0.1) is 6.61 Å². The van der Waals surface area contributed by atoms with Crippen LogP contribution in [0.2, 0.25) is 0 Å². The highest BCUT2D eigenvalue weighted by Gasteiger charge is 1.98. The molecule has 0 radical (unpaired) electrons. The zero-order chi connectivity index (χ0) is 12.1. The van der Waals surface area contributed by atoms with Crippen molar-refractivity contribution in [2.45, 2.75) is 13.2 Å². The number of hydrogen-bond donors (Lipinski definition) is 2. The standard InChI is InChI=1S/C14H15NO2/c15-13-5-1-4-12(7-13)10-17-14-6-2-3-11(8-14)9-16/h1-8,16H,9-10,15H2. The van der Waals surface area contributed by atoms with E-state index in [0.29, 0.717) is 6.61 Å². The molecular formula is C14H15NO2. The fourth-order valence-corrected chi connectivity index (χ4v) is 1.58. The lowest BCUT2D eigenvalue weighted by Gasteiger charge is -2.07. The monoisotopic (exact) mass is 229 g/mol.